The van der Waals surface area contributed by atoms with E-state index in [0.717, 1.165) is 38.6 Å². The summed E-state index contributed by atoms with van der Waals surface area (Å²) >= 11 is 0. The van der Waals surface area contributed by atoms with Gasteiger partial charge in [0.25, 0.3) is 0 Å². The van der Waals surface area contributed by atoms with Crippen LogP contribution in [0, 0.1) is 0 Å². The molecular weight excluding hydrogens is 236 g/mol. The number of hydrogen-bond acceptors (Lipinski definition) is 3. The molecule has 0 bridgehead atoms. The quantitative estimate of drug-likeness (QED) is 0.751. The molecule has 1 heterocycles. The molecule has 1 saturated carbocycles. The largest absolute Gasteiger partial charge is 0.313 e. The Hall–Kier alpha value is -0.130. The van der Waals surface area contributed by atoms with Crippen molar-refractivity contribution in [3.8, 4) is 0 Å². The molecule has 0 aromatic rings. The summed E-state index contributed by atoms with van der Waals surface area (Å²) < 4.78 is 26.3. The van der Waals surface area contributed by atoms with Crippen LogP contribution in [0.4, 0.5) is 0 Å². The SMILES string of the molecule is CCCCN(CC1CCCN1)S(=O)(=O)C1CC1. The van der Waals surface area contributed by atoms with Crippen LogP contribution in [0.5, 0.6) is 0 Å². The van der Waals surface area contributed by atoms with E-state index in [1.54, 1.807) is 4.31 Å². The summed E-state index contributed by atoms with van der Waals surface area (Å²) in [6, 6.07) is 0.375. The van der Waals surface area contributed by atoms with Crippen LogP contribution in [0.1, 0.15) is 45.4 Å². The van der Waals surface area contributed by atoms with Crippen LogP contribution in [0.15, 0.2) is 0 Å². The molecule has 1 N–H and O–H groups in total. The average Bonchev–Trinajstić information content (AvgIpc) is 3.04. The lowest BCUT2D eigenvalue weighted by Crippen LogP contribution is -2.43. The number of hydrogen-bond donors (Lipinski definition) is 1. The topological polar surface area (TPSA) is 49.4 Å². The summed E-state index contributed by atoms with van der Waals surface area (Å²) in [5.74, 6) is 0. The number of nitrogens with zero attached hydrogens (tertiary/aromatic N) is 1. The van der Waals surface area contributed by atoms with Crippen molar-refractivity contribution in [2.75, 3.05) is 19.6 Å². The highest BCUT2D eigenvalue weighted by atomic mass is 32.2. The summed E-state index contributed by atoms with van der Waals surface area (Å²) in [4.78, 5) is 0. The van der Waals surface area contributed by atoms with Crippen molar-refractivity contribution in [3.63, 3.8) is 0 Å². The van der Waals surface area contributed by atoms with Gasteiger partial charge in [0, 0.05) is 19.1 Å². The van der Waals surface area contributed by atoms with E-state index in [1.807, 2.05) is 0 Å². The standard InChI is InChI=1S/C12H24N2O2S/c1-2-3-9-14(10-11-5-4-8-13-11)17(15,16)12-6-7-12/h11-13H,2-10H2,1H3. The van der Waals surface area contributed by atoms with Crippen LogP contribution in [0.25, 0.3) is 0 Å². The van der Waals surface area contributed by atoms with Crippen molar-refractivity contribution in [2.45, 2.75) is 56.7 Å². The highest BCUT2D eigenvalue weighted by Gasteiger charge is 2.40. The molecule has 17 heavy (non-hydrogen) atoms. The highest BCUT2D eigenvalue weighted by Crippen LogP contribution is 2.31. The minimum Gasteiger partial charge on any atom is -0.313 e. The maximum atomic E-state index is 12.3. The van der Waals surface area contributed by atoms with Gasteiger partial charge in [-0.05, 0) is 38.6 Å². The monoisotopic (exact) mass is 260 g/mol. The highest BCUT2D eigenvalue weighted by molar-refractivity contribution is 7.90. The molecule has 0 spiro atoms. The zero-order valence-corrected chi connectivity index (χ0v) is 11.5. The molecule has 1 unspecified atom stereocenters. The molecule has 1 aliphatic carbocycles. The maximum Gasteiger partial charge on any atom is 0.217 e. The first-order valence-electron chi connectivity index (χ1n) is 6.87. The Labute approximate surface area is 105 Å². The Bertz CT molecular complexity index is 332. The molecule has 0 amide bonds. The Morgan fingerprint density at radius 3 is 2.59 bits per heavy atom. The molecule has 5 heteroatoms. The first-order chi connectivity index (χ1) is 8.14. The summed E-state index contributed by atoms with van der Waals surface area (Å²) in [5, 5.41) is 3.32. The predicted octanol–water partition coefficient (Wildman–Crippen LogP) is 1.33. The van der Waals surface area contributed by atoms with Crippen LogP contribution in [0.3, 0.4) is 0 Å². The molecule has 100 valence electrons. The van der Waals surface area contributed by atoms with Gasteiger partial charge in [-0.3, -0.25) is 0 Å². The molecule has 1 aliphatic heterocycles. The number of nitrogens with one attached hydrogen (secondary N) is 1. The van der Waals surface area contributed by atoms with Crippen molar-refractivity contribution in [1.82, 2.24) is 9.62 Å². The predicted molar refractivity (Wildman–Crippen MR) is 69.4 cm³/mol. The molecule has 1 saturated heterocycles. The van der Waals surface area contributed by atoms with Crippen molar-refractivity contribution in [2.24, 2.45) is 0 Å². The number of rotatable bonds is 7. The molecule has 0 aromatic heterocycles. The van der Waals surface area contributed by atoms with E-state index in [2.05, 4.69) is 12.2 Å². The zero-order chi connectivity index (χ0) is 12.3. The van der Waals surface area contributed by atoms with Crippen LogP contribution in [-0.4, -0.2) is 43.6 Å². The van der Waals surface area contributed by atoms with Gasteiger partial charge >= 0.3 is 0 Å². The van der Waals surface area contributed by atoms with Crippen molar-refractivity contribution in [3.05, 3.63) is 0 Å². The summed E-state index contributed by atoms with van der Waals surface area (Å²) in [5.41, 5.74) is 0. The average molecular weight is 260 g/mol. The van der Waals surface area contributed by atoms with E-state index < -0.39 is 10.0 Å². The van der Waals surface area contributed by atoms with Gasteiger partial charge in [-0.25, -0.2) is 12.7 Å². The normalized spacial score (nSPS) is 25.6. The Kier molecular flexibility index (Phi) is 4.44. The molecule has 0 aromatic carbocycles. The summed E-state index contributed by atoms with van der Waals surface area (Å²) in [6.45, 7) is 4.53. The first-order valence-corrected chi connectivity index (χ1v) is 8.37. The van der Waals surface area contributed by atoms with Crippen LogP contribution in [0.2, 0.25) is 0 Å². The third-order valence-electron chi connectivity index (χ3n) is 3.65. The van der Waals surface area contributed by atoms with Crippen LogP contribution < -0.4 is 5.32 Å². The van der Waals surface area contributed by atoms with E-state index in [-0.39, 0.29) is 5.25 Å². The van der Waals surface area contributed by atoms with E-state index in [4.69, 9.17) is 0 Å². The Morgan fingerprint density at radius 1 is 1.29 bits per heavy atom. The molecule has 4 nitrogen and oxygen atoms in total. The third-order valence-corrected chi connectivity index (χ3v) is 6.02. The molecule has 2 aliphatic rings. The lowest BCUT2D eigenvalue weighted by Gasteiger charge is -2.25. The Morgan fingerprint density at radius 2 is 2.06 bits per heavy atom. The zero-order valence-electron chi connectivity index (χ0n) is 10.7. The summed E-state index contributed by atoms with van der Waals surface area (Å²) in [7, 11) is -2.99. The van der Waals surface area contributed by atoms with Crippen LogP contribution >= 0.6 is 0 Å². The van der Waals surface area contributed by atoms with Gasteiger partial charge in [-0.15, -0.1) is 0 Å². The lowest BCUT2D eigenvalue weighted by molar-refractivity contribution is 0.363. The fourth-order valence-corrected chi connectivity index (χ4v) is 4.32. The fraction of sp³-hybridized carbons (Fsp3) is 1.00. The Balaban J connectivity index is 1.96. The molecule has 1 atom stereocenters. The van der Waals surface area contributed by atoms with E-state index >= 15 is 0 Å². The van der Waals surface area contributed by atoms with Gasteiger partial charge in [0.2, 0.25) is 10.0 Å². The van der Waals surface area contributed by atoms with Gasteiger partial charge in [0.1, 0.15) is 0 Å². The molecular formula is C12H24N2O2S. The summed E-state index contributed by atoms with van der Waals surface area (Å²) in [6.07, 6.45) is 6.04. The number of sulfonamides is 1. The second-order valence-corrected chi connectivity index (χ2v) is 7.46. The smallest absolute Gasteiger partial charge is 0.217 e. The van der Waals surface area contributed by atoms with Gasteiger partial charge in [-0.1, -0.05) is 13.3 Å². The minimum absolute atomic E-state index is 0.0687. The van der Waals surface area contributed by atoms with Crippen molar-refractivity contribution < 1.29 is 8.42 Å². The molecule has 0 radical (unpaired) electrons. The van der Waals surface area contributed by atoms with Gasteiger partial charge < -0.3 is 5.32 Å². The van der Waals surface area contributed by atoms with Crippen molar-refractivity contribution in [1.29, 1.82) is 0 Å². The van der Waals surface area contributed by atoms with Crippen molar-refractivity contribution >= 4 is 10.0 Å². The lowest BCUT2D eigenvalue weighted by atomic mass is 10.2. The van der Waals surface area contributed by atoms with E-state index in [9.17, 15) is 8.42 Å². The maximum absolute atomic E-state index is 12.3. The third kappa shape index (κ3) is 3.42. The first kappa shape index (κ1) is 13.3. The minimum atomic E-state index is -2.99. The van der Waals surface area contributed by atoms with Gasteiger partial charge in [0.15, 0.2) is 0 Å². The molecule has 2 rings (SSSR count). The van der Waals surface area contributed by atoms with Crippen LogP contribution in [-0.2, 0) is 10.0 Å². The van der Waals surface area contributed by atoms with Gasteiger partial charge in [0.05, 0.1) is 5.25 Å². The van der Waals surface area contributed by atoms with E-state index in [0.29, 0.717) is 19.1 Å². The fourth-order valence-electron chi connectivity index (χ4n) is 2.39. The van der Waals surface area contributed by atoms with E-state index in [1.165, 1.54) is 6.42 Å². The van der Waals surface area contributed by atoms with Gasteiger partial charge in [-0.2, -0.15) is 0 Å². The number of unbranched alkanes of at least 4 members (excludes halogenated alkanes) is 1. The second-order valence-electron chi connectivity index (χ2n) is 5.25. The molecule has 2 fully saturated rings. The second kappa shape index (κ2) is 5.67.